The SMILES string of the molecule is CCOc1ccc(Br)cc1S(=O)(=O)N1Cc2ccccc2CC1C(=O)OCc1ccc(Br)cc1. The van der Waals surface area contributed by atoms with Crippen LogP contribution in [-0.4, -0.2) is 31.3 Å². The van der Waals surface area contributed by atoms with Gasteiger partial charge < -0.3 is 9.47 Å². The molecule has 0 saturated heterocycles. The lowest BCUT2D eigenvalue weighted by Gasteiger charge is -2.34. The lowest BCUT2D eigenvalue weighted by Crippen LogP contribution is -2.49. The van der Waals surface area contributed by atoms with Crippen molar-refractivity contribution >= 4 is 47.9 Å². The van der Waals surface area contributed by atoms with Gasteiger partial charge in [-0.05, 0) is 53.9 Å². The Morgan fingerprint density at radius 1 is 1.00 bits per heavy atom. The summed E-state index contributed by atoms with van der Waals surface area (Å²) in [5.74, 6) is -0.347. The third-order valence-corrected chi connectivity index (χ3v) is 8.46. The number of benzene rings is 3. The van der Waals surface area contributed by atoms with E-state index < -0.39 is 22.0 Å². The Kier molecular flexibility index (Phi) is 7.77. The summed E-state index contributed by atoms with van der Waals surface area (Å²) >= 11 is 6.74. The molecular formula is C25H23Br2NO5S. The van der Waals surface area contributed by atoms with Gasteiger partial charge in [-0.3, -0.25) is 4.79 Å². The number of halogens is 2. The van der Waals surface area contributed by atoms with Crippen LogP contribution in [0.3, 0.4) is 0 Å². The maximum atomic E-state index is 13.9. The number of ether oxygens (including phenoxy) is 2. The fourth-order valence-electron chi connectivity index (χ4n) is 3.87. The average molecular weight is 609 g/mol. The van der Waals surface area contributed by atoms with Crippen molar-refractivity contribution in [1.29, 1.82) is 0 Å². The molecule has 178 valence electrons. The largest absolute Gasteiger partial charge is 0.492 e. The fraction of sp³-hybridized carbons (Fsp3) is 0.240. The van der Waals surface area contributed by atoms with Crippen LogP contribution < -0.4 is 4.74 Å². The van der Waals surface area contributed by atoms with Gasteiger partial charge >= 0.3 is 5.97 Å². The molecule has 1 unspecified atom stereocenters. The summed E-state index contributed by atoms with van der Waals surface area (Å²) in [6.07, 6.45) is 0.229. The van der Waals surface area contributed by atoms with Gasteiger partial charge in [-0.15, -0.1) is 0 Å². The number of carbonyl (C=O) groups excluding carboxylic acids is 1. The monoisotopic (exact) mass is 607 g/mol. The standard InChI is InChI=1S/C25H23Br2NO5S/c1-2-32-23-12-11-21(27)14-24(23)34(30,31)28-15-19-6-4-3-5-18(19)13-22(28)25(29)33-16-17-7-9-20(26)10-8-17/h3-12,14,22H,2,13,15-16H2,1H3. The number of carbonyl (C=O) groups is 1. The van der Waals surface area contributed by atoms with Crippen molar-refractivity contribution in [3.63, 3.8) is 0 Å². The zero-order valence-corrected chi connectivity index (χ0v) is 22.4. The lowest BCUT2D eigenvalue weighted by atomic mass is 9.96. The number of hydrogen-bond donors (Lipinski definition) is 0. The number of nitrogens with zero attached hydrogens (tertiary/aromatic N) is 1. The van der Waals surface area contributed by atoms with E-state index in [1.807, 2.05) is 48.5 Å². The Morgan fingerprint density at radius 3 is 2.38 bits per heavy atom. The van der Waals surface area contributed by atoms with Crippen LogP contribution in [0, 0.1) is 0 Å². The highest BCUT2D eigenvalue weighted by Gasteiger charge is 2.41. The normalized spacial score (nSPS) is 16.0. The molecule has 0 N–H and O–H groups in total. The van der Waals surface area contributed by atoms with Crippen LogP contribution >= 0.6 is 31.9 Å². The van der Waals surface area contributed by atoms with Crippen molar-refractivity contribution in [2.45, 2.75) is 37.4 Å². The molecule has 6 nitrogen and oxygen atoms in total. The molecule has 0 aromatic heterocycles. The van der Waals surface area contributed by atoms with E-state index in [-0.39, 0.29) is 30.2 Å². The lowest BCUT2D eigenvalue weighted by molar-refractivity contribution is -0.150. The zero-order chi connectivity index (χ0) is 24.3. The Bertz CT molecular complexity index is 1290. The molecule has 3 aromatic rings. The molecule has 1 aliphatic rings. The van der Waals surface area contributed by atoms with Crippen LogP contribution in [0.15, 0.2) is 80.6 Å². The molecule has 34 heavy (non-hydrogen) atoms. The van der Waals surface area contributed by atoms with Gasteiger partial charge in [-0.1, -0.05) is 68.3 Å². The molecule has 1 aliphatic heterocycles. The van der Waals surface area contributed by atoms with E-state index in [1.165, 1.54) is 10.4 Å². The van der Waals surface area contributed by atoms with E-state index in [0.717, 1.165) is 21.2 Å². The smallest absolute Gasteiger partial charge is 0.325 e. The molecule has 1 heterocycles. The summed E-state index contributed by atoms with van der Waals surface area (Å²) in [4.78, 5) is 13.2. The highest BCUT2D eigenvalue weighted by molar-refractivity contribution is 9.10. The van der Waals surface area contributed by atoms with Gasteiger partial charge in [-0.25, -0.2) is 8.42 Å². The molecule has 0 fully saturated rings. The minimum absolute atomic E-state index is 0.00816. The number of sulfonamides is 1. The predicted octanol–water partition coefficient (Wildman–Crippen LogP) is 5.47. The first-order chi connectivity index (χ1) is 16.3. The predicted molar refractivity (Wildman–Crippen MR) is 136 cm³/mol. The van der Waals surface area contributed by atoms with E-state index in [4.69, 9.17) is 9.47 Å². The first-order valence-corrected chi connectivity index (χ1v) is 13.7. The molecule has 0 spiro atoms. The van der Waals surface area contributed by atoms with Crippen molar-refractivity contribution in [2.75, 3.05) is 6.61 Å². The van der Waals surface area contributed by atoms with Crippen LogP contribution in [0.1, 0.15) is 23.6 Å². The minimum atomic E-state index is -4.09. The molecule has 0 bridgehead atoms. The van der Waals surface area contributed by atoms with Crippen molar-refractivity contribution in [3.05, 3.63) is 92.4 Å². The Labute approximate surface area is 216 Å². The van der Waals surface area contributed by atoms with Crippen LogP contribution in [0.2, 0.25) is 0 Å². The molecular weight excluding hydrogens is 586 g/mol. The minimum Gasteiger partial charge on any atom is -0.492 e. The zero-order valence-electron chi connectivity index (χ0n) is 18.4. The van der Waals surface area contributed by atoms with Crippen molar-refractivity contribution < 1.29 is 22.7 Å². The van der Waals surface area contributed by atoms with E-state index in [2.05, 4.69) is 31.9 Å². The third kappa shape index (κ3) is 5.38. The summed E-state index contributed by atoms with van der Waals surface area (Å²) in [6, 6.07) is 18.8. The first kappa shape index (κ1) is 24.9. The molecule has 1 atom stereocenters. The van der Waals surface area contributed by atoms with Crippen molar-refractivity contribution in [1.82, 2.24) is 4.31 Å². The molecule has 4 rings (SSSR count). The first-order valence-electron chi connectivity index (χ1n) is 10.7. The summed E-state index contributed by atoms with van der Waals surface area (Å²) in [6.45, 7) is 2.22. The van der Waals surface area contributed by atoms with Gasteiger partial charge in [-0.2, -0.15) is 4.31 Å². The Morgan fingerprint density at radius 2 is 1.68 bits per heavy atom. The Hall–Kier alpha value is -2.20. The second-order valence-electron chi connectivity index (χ2n) is 7.80. The van der Waals surface area contributed by atoms with E-state index in [9.17, 15) is 13.2 Å². The highest BCUT2D eigenvalue weighted by Crippen LogP contribution is 2.35. The summed E-state index contributed by atoms with van der Waals surface area (Å²) < 4.78 is 41.7. The van der Waals surface area contributed by atoms with Gasteiger partial charge in [0, 0.05) is 21.9 Å². The maximum absolute atomic E-state index is 13.9. The second kappa shape index (κ2) is 10.6. The second-order valence-corrected chi connectivity index (χ2v) is 11.5. The van der Waals surface area contributed by atoms with Gasteiger partial charge in [0.1, 0.15) is 23.3 Å². The van der Waals surface area contributed by atoms with Gasteiger partial charge in [0.2, 0.25) is 10.0 Å². The van der Waals surface area contributed by atoms with Crippen LogP contribution in [0.4, 0.5) is 0 Å². The van der Waals surface area contributed by atoms with Crippen LogP contribution in [-0.2, 0) is 39.1 Å². The van der Waals surface area contributed by atoms with E-state index in [1.54, 1.807) is 19.1 Å². The fourth-order valence-corrected chi connectivity index (χ4v) is 6.36. The summed E-state index contributed by atoms with van der Waals surface area (Å²) in [7, 11) is -4.09. The third-order valence-electron chi connectivity index (χ3n) is 5.56. The molecule has 0 radical (unpaired) electrons. The number of rotatable bonds is 7. The van der Waals surface area contributed by atoms with Gasteiger partial charge in [0.15, 0.2) is 0 Å². The van der Waals surface area contributed by atoms with Crippen LogP contribution in [0.25, 0.3) is 0 Å². The van der Waals surface area contributed by atoms with Crippen molar-refractivity contribution in [2.24, 2.45) is 0 Å². The molecule has 9 heteroatoms. The molecule has 3 aromatic carbocycles. The molecule has 0 aliphatic carbocycles. The Balaban J connectivity index is 1.68. The molecule has 0 saturated carbocycles. The van der Waals surface area contributed by atoms with E-state index in [0.29, 0.717) is 11.1 Å². The molecule has 0 amide bonds. The number of fused-ring (bicyclic) bond motifs is 1. The van der Waals surface area contributed by atoms with E-state index >= 15 is 0 Å². The van der Waals surface area contributed by atoms with Crippen molar-refractivity contribution in [3.8, 4) is 5.75 Å². The van der Waals surface area contributed by atoms with Gasteiger partial charge in [0.05, 0.1) is 6.61 Å². The summed E-state index contributed by atoms with van der Waals surface area (Å²) in [5, 5.41) is 0. The number of esters is 1. The maximum Gasteiger partial charge on any atom is 0.325 e. The topological polar surface area (TPSA) is 72.9 Å². The van der Waals surface area contributed by atoms with Crippen LogP contribution in [0.5, 0.6) is 5.75 Å². The summed E-state index contributed by atoms with van der Waals surface area (Å²) in [5.41, 5.74) is 2.60. The average Bonchev–Trinajstić information content (AvgIpc) is 2.84. The quantitative estimate of drug-likeness (QED) is 0.333. The highest BCUT2D eigenvalue weighted by atomic mass is 79.9. The number of hydrogen-bond acceptors (Lipinski definition) is 5. The van der Waals surface area contributed by atoms with Gasteiger partial charge in [0.25, 0.3) is 0 Å².